The van der Waals surface area contributed by atoms with Crippen molar-refractivity contribution in [3.05, 3.63) is 64.5 Å². The van der Waals surface area contributed by atoms with Gasteiger partial charge in [0.2, 0.25) is 0 Å². The molecule has 7 heteroatoms. The molecular weight excluding hydrogens is 335 g/mol. The topological polar surface area (TPSA) is 59.4 Å². The van der Waals surface area contributed by atoms with E-state index in [0.717, 1.165) is 25.2 Å². The Morgan fingerprint density at radius 3 is 3.00 bits per heavy atom. The number of anilines is 1. The second-order valence-electron chi connectivity index (χ2n) is 6.28. The van der Waals surface area contributed by atoms with Gasteiger partial charge in [0.25, 0.3) is 5.56 Å². The molecule has 6 nitrogen and oxygen atoms in total. The number of benzene rings is 1. The Balaban J connectivity index is 1.48. The van der Waals surface area contributed by atoms with Gasteiger partial charge in [0.05, 0.1) is 12.7 Å². The lowest BCUT2D eigenvalue weighted by molar-refractivity contribution is -0.0169. The SMILES string of the molecule is Cn1ccnc(NCC2CN(C/C=C/c3ccc(F)cc3)CCO2)c1=O. The summed E-state index contributed by atoms with van der Waals surface area (Å²) in [5.41, 5.74) is 0.825. The van der Waals surface area contributed by atoms with Gasteiger partial charge in [0, 0.05) is 45.6 Å². The van der Waals surface area contributed by atoms with Crippen LogP contribution in [-0.4, -0.2) is 53.3 Å². The summed E-state index contributed by atoms with van der Waals surface area (Å²) >= 11 is 0. The molecule has 0 bridgehead atoms. The maximum absolute atomic E-state index is 12.9. The van der Waals surface area contributed by atoms with Crippen molar-refractivity contribution in [2.75, 3.05) is 38.1 Å². The van der Waals surface area contributed by atoms with Crippen LogP contribution in [0.15, 0.2) is 47.5 Å². The summed E-state index contributed by atoms with van der Waals surface area (Å²) in [6.07, 6.45) is 7.27. The third kappa shape index (κ3) is 5.00. The summed E-state index contributed by atoms with van der Waals surface area (Å²) in [5, 5.41) is 3.08. The zero-order chi connectivity index (χ0) is 18.4. The van der Waals surface area contributed by atoms with Crippen molar-refractivity contribution in [2.45, 2.75) is 6.10 Å². The third-order valence-electron chi connectivity index (χ3n) is 4.28. The number of nitrogens with one attached hydrogen (secondary N) is 1. The number of aromatic nitrogens is 2. The highest BCUT2D eigenvalue weighted by atomic mass is 19.1. The van der Waals surface area contributed by atoms with Crippen molar-refractivity contribution >= 4 is 11.9 Å². The molecule has 0 radical (unpaired) electrons. The first-order chi connectivity index (χ1) is 12.6. The van der Waals surface area contributed by atoms with Crippen molar-refractivity contribution in [2.24, 2.45) is 7.05 Å². The Kier molecular flexibility index (Phi) is 6.14. The van der Waals surface area contributed by atoms with Crippen LogP contribution in [0.25, 0.3) is 6.08 Å². The molecule has 0 amide bonds. The average molecular weight is 358 g/mol. The molecule has 1 aromatic heterocycles. The minimum Gasteiger partial charge on any atom is -0.374 e. The van der Waals surface area contributed by atoms with Crippen LogP contribution in [0.5, 0.6) is 0 Å². The largest absolute Gasteiger partial charge is 0.374 e. The molecule has 2 heterocycles. The van der Waals surface area contributed by atoms with Crippen LogP contribution in [0.1, 0.15) is 5.56 Å². The maximum Gasteiger partial charge on any atom is 0.293 e. The Bertz CT molecular complexity index is 804. The number of rotatable bonds is 6. The number of hydrogen-bond donors (Lipinski definition) is 1. The van der Waals surface area contributed by atoms with E-state index in [1.54, 1.807) is 31.6 Å². The molecule has 138 valence electrons. The van der Waals surface area contributed by atoms with Gasteiger partial charge < -0.3 is 14.6 Å². The molecule has 1 saturated heterocycles. The highest BCUT2D eigenvalue weighted by molar-refractivity contribution is 5.48. The fourth-order valence-corrected chi connectivity index (χ4v) is 2.81. The molecule has 1 fully saturated rings. The van der Waals surface area contributed by atoms with E-state index in [1.165, 1.54) is 16.7 Å². The quantitative estimate of drug-likeness (QED) is 0.853. The first kappa shape index (κ1) is 18.3. The van der Waals surface area contributed by atoms with E-state index in [-0.39, 0.29) is 17.5 Å². The lowest BCUT2D eigenvalue weighted by atomic mass is 10.2. The summed E-state index contributed by atoms with van der Waals surface area (Å²) in [6.45, 7) is 3.60. The number of hydrogen-bond acceptors (Lipinski definition) is 5. The highest BCUT2D eigenvalue weighted by Gasteiger charge is 2.19. The van der Waals surface area contributed by atoms with Crippen LogP contribution in [0, 0.1) is 5.82 Å². The van der Waals surface area contributed by atoms with E-state index in [2.05, 4.69) is 21.3 Å². The van der Waals surface area contributed by atoms with Crippen LogP contribution < -0.4 is 10.9 Å². The maximum atomic E-state index is 12.9. The summed E-state index contributed by atoms with van der Waals surface area (Å²) in [6, 6.07) is 6.42. The van der Waals surface area contributed by atoms with E-state index < -0.39 is 0 Å². The van der Waals surface area contributed by atoms with Crippen molar-refractivity contribution < 1.29 is 9.13 Å². The van der Waals surface area contributed by atoms with Crippen LogP contribution in [0.2, 0.25) is 0 Å². The molecule has 1 aromatic carbocycles. The van der Waals surface area contributed by atoms with Crippen molar-refractivity contribution in [3.8, 4) is 0 Å². The normalized spacial score (nSPS) is 18.3. The van der Waals surface area contributed by atoms with Gasteiger partial charge in [-0.1, -0.05) is 24.3 Å². The first-order valence-corrected chi connectivity index (χ1v) is 8.63. The Morgan fingerprint density at radius 2 is 2.19 bits per heavy atom. The van der Waals surface area contributed by atoms with E-state index >= 15 is 0 Å². The van der Waals surface area contributed by atoms with Gasteiger partial charge >= 0.3 is 0 Å². The number of morpholine rings is 1. The summed E-state index contributed by atoms with van der Waals surface area (Å²) in [5.74, 6) is 0.111. The van der Waals surface area contributed by atoms with Gasteiger partial charge in [0.15, 0.2) is 5.82 Å². The summed E-state index contributed by atoms with van der Waals surface area (Å²) in [7, 11) is 1.70. The second kappa shape index (κ2) is 8.73. The lowest BCUT2D eigenvalue weighted by Crippen LogP contribution is -2.45. The second-order valence-corrected chi connectivity index (χ2v) is 6.28. The minimum atomic E-state index is -0.228. The fourth-order valence-electron chi connectivity index (χ4n) is 2.81. The number of ether oxygens (including phenoxy) is 1. The Hall–Kier alpha value is -2.51. The molecule has 1 N–H and O–H groups in total. The molecule has 3 rings (SSSR count). The standard InChI is InChI=1S/C19H23FN4O2/c1-23-10-8-21-18(19(23)25)22-13-17-14-24(11-12-26-17)9-2-3-15-4-6-16(20)7-5-15/h2-8,10,17H,9,11-14H2,1H3,(H,21,22)/b3-2+. The van der Waals surface area contributed by atoms with Gasteiger partial charge in [0.1, 0.15) is 5.82 Å². The molecule has 26 heavy (non-hydrogen) atoms. The van der Waals surface area contributed by atoms with Gasteiger partial charge in [-0.3, -0.25) is 9.69 Å². The number of aryl methyl sites for hydroxylation is 1. The van der Waals surface area contributed by atoms with E-state index in [1.807, 2.05) is 6.08 Å². The number of halogens is 1. The van der Waals surface area contributed by atoms with E-state index in [0.29, 0.717) is 19.0 Å². The lowest BCUT2D eigenvalue weighted by Gasteiger charge is -2.32. The van der Waals surface area contributed by atoms with Gasteiger partial charge in [-0.15, -0.1) is 0 Å². The molecule has 0 spiro atoms. The van der Waals surface area contributed by atoms with Crippen LogP contribution in [0.4, 0.5) is 10.2 Å². The van der Waals surface area contributed by atoms with Crippen LogP contribution >= 0.6 is 0 Å². The predicted octanol–water partition coefficient (Wildman–Crippen LogP) is 1.75. The third-order valence-corrected chi connectivity index (χ3v) is 4.28. The smallest absolute Gasteiger partial charge is 0.293 e. The van der Waals surface area contributed by atoms with Gasteiger partial charge in [-0.05, 0) is 17.7 Å². The molecule has 1 atom stereocenters. The number of nitrogens with zero attached hydrogens (tertiary/aromatic N) is 3. The monoisotopic (exact) mass is 358 g/mol. The van der Waals surface area contributed by atoms with Gasteiger partial charge in [-0.25, -0.2) is 9.37 Å². The molecule has 0 aliphatic carbocycles. The first-order valence-electron chi connectivity index (χ1n) is 8.63. The zero-order valence-electron chi connectivity index (χ0n) is 14.8. The van der Waals surface area contributed by atoms with Crippen molar-refractivity contribution in [1.82, 2.24) is 14.5 Å². The van der Waals surface area contributed by atoms with E-state index in [4.69, 9.17) is 4.74 Å². The molecule has 1 aliphatic rings. The highest BCUT2D eigenvalue weighted by Crippen LogP contribution is 2.08. The van der Waals surface area contributed by atoms with E-state index in [9.17, 15) is 9.18 Å². The molecule has 0 saturated carbocycles. The predicted molar refractivity (Wildman–Crippen MR) is 99.6 cm³/mol. The molecule has 1 aliphatic heterocycles. The van der Waals surface area contributed by atoms with Gasteiger partial charge in [-0.2, -0.15) is 0 Å². The minimum absolute atomic E-state index is 0.00492. The van der Waals surface area contributed by atoms with Crippen molar-refractivity contribution in [1.29, 1.82) is 0 Å². The fraction of sp³-hybridized carbons (Fsp3) is 0.368. The Labute approximate surface area is 151 Å². The van der Waals surface area contributed by atoms with Crippen LogP contribution in [-0.2, 0) is 11.8 Å². The molecule has 2 aromatic rings. The zero-order valence-corrected chi connectivity index (χ0v) is 14.8. The molecule has 1 unspecified atom stereocenters. The summed E-state index contributed by atoms with van der Waals surface area (Å²) < 4.78 is 20.2. The Morgan fingerprint density at radius 1 is 1.38 bits per heavy atom. The average Bonchev–Trinajstić information content (AvgIpc) is 2.65. The summed E-state index contributed by atoms with van der Waals surface area (Å²) in [4.78, 5) is 18.3. The molecular formula is C19H23FN4O2. The van der Waals surface area contributed by atoms with Crippen LogP contribution in [0.3, 0.4) is 0 Å². The van der Waals surface area contributed by atoms with Crippen molar-refractivity contribution in [3.63, 3.8) is 0 Å².